The number of hydrogen-bond donors (Lipinski definition) is 1. The summed E-state index contributed by atoms with van der Waals surface area (Å²) >= 11 is 0. The SMILES string of the molecule is CCC1(CC)CC(=O)CC(C)(C)N1. The molecule has 0 aromatic carbocycles. The fraction of sp³-hybridized carbons (Fsp3) is 0.909. The van der Waals surface area contributed by atoms with Crippen LogP contribution in [-0.2, 0) is 4.79 Å². The molecule has 1 aliphatic heterocycles. The van der Waals surface area contributed by atoms with Crippen molar-refractivity contribution < 1.29 is 4.79 Å². The maximum atomic E-state index is 11.6. The van der Waals surface area contributed by atoms with Crippen LogP contribution in [0.25, 0.3) is 0 Å². The van der Waals surface area contributed by atoms with E-state index in [1.807, 2.05) is 0 Å². The Morgan fingerprint density at radius 2 is 1.77 bits per heavy atom. The monoisotopic (exact) mass is 183 g/mol. The lowest BCUT2D eigenvalue weighted by atomic mass is 9.77. The topological polar surface area (TPSA) is 29.1 Å². The molecule has 0 unspecified atom stereocenters. The number of piperidine rings is 1. The van der Waals surface area contributed by atoms with Crippen LogP contribution >= 0.6 is 0 Å². The van der Waals surface area contributed by atoms with Gasteiger partial charge in [0.1, 0.15) is 5.78 Å². The van der Waals surface area contributed by atoms with Gasteiger partial charge in [0, 0.05) is 23.9 Å². The Balaban J connectivity index is 2.82. The fourth-order valence-corrected chi connectivity index (χ4v) is 2.42. The Bertz CT molecular complexity index is 204. The summed E-state index contributed by atoms with van der Waals surface area (Å²) in [6.07, 6.45) is 3.47. The summed E-state index contributed by atoms with van der Waals surface area (Å²) in [5.41, 5.74) is 0.0557. The minimum Gasteiger partial charge on any atom is -0.305 e. The van der Waals surface area contributed by atoms with Crippen molar-refractivity contribution in [2.45, 2.75) is 64.5 Å². The van der Waals surface area contributed by atoms with Crippen LogP contribution in [0.2, 0.25) is 0 Å². The summed E-state index contributed by atoms with van der Waals surface area (Å²) in [6, 6.07) is 0. The predicted molar refractivity (Wildman–Crippen MR) is 54.8 cm³/mol. The molecule has 1 heterocycles. The van der Waals surface area contributed by atoms with E-state index < -0.39 is 0 Å². The molecular formula is C11H21NO. The third-order valence-electron chi connectivity index (χ3n) is 3.13. The van der Waals surface area contributed by atoms with Gasteiger partial charge in [-0.15, -0.1) is 0 Å². The molecule has 1 fully saturated rings. The van der Waals surface area contributed by atoms with Crippen LogP contribution in [-0.4, -0.2) is 16.9 Å². The zero-order valence-electron chi connectivity index (χ0n) is 9.24. The summed E-state index contributed by atoms with van der Waals surface area (Å²) in [7, 11) is 0. The van der Waals surface area contributed by atoms with Gasteiger partial charge in [0.2, 0.25) is 0 Å². The Morgan fingerprint density at radius 1 is 1.23 bits per heavy atom. The standard InChI is InChI=1S/C11H21NO/c1-5-11(6-2)8-9(13)7-10(3,4)12-11/h12H,5-8H2,1-4H3. The summed E-state index contributed by atoms with van der Waals surface area (Å²) in [5.74, 6) is 0.410. The first-order chi connectivity index (χ1) is 5.93. The number of Topliss-reactive ketones (excluding diaryl/α,β-unsaturated/α-hetero) is 1. The Morgan fingerprint density at radius 3 is 2.15 bits per heavy atom. The third-order valence-corrected chi connectivity index (χ3v) is 3.13. The van der Waals surface area contributed by atoms with E-state index in [0.29, 0.717) is 18.6 Å². The molecule has 0 aromatic heterocycles. The second kappa shape index (κ2) is 3.41. The first-order valence-electron chi connectivity index (χ1n) is 5.24. The zero-order chi connectivity index (χ0) is 10.1. The number of rotatable bonds is 2. The van der Waals surface area contributed by atoms with Gasteiger partial charge in [0.25, 0.3) is 0 Å². The van der Waals surface area contributed by atoms with Gasteiger partial charge >= 0.3 is 0 Å². The second-order valence-corrected chi connectivity index (χ2v) is 4.89. The number of hydrogen-bond acceptors (Lipinski definition) is 2. The van der Waals surface area contributed by atoms with Crippen LogP contribution in [0.1, 0.15) is 53.4 Å². The molecule has 0 saturated carbocycles. The minimum absolute atomic E-state index is 0.0125. The van der Waals surface area contributed by atoms with Crippen molar-refractivity contribution in [2.24, 2.45) is 0 Å². The van der Waals surface area contributed by atoms with Crippen molar-refractivity contribution in [3.63, 3.8) is 0 Å². The van der Waals surface area contributed by atoms with E-state index in [-0.39, 0.29) is 11.1 Å². The molecule has 13 heavy (non-hydrogen) atoms. The van der Waals surface area contributed by atoms with E-state index in [1.54, 1.807) is 0 Å². The average Bonchev–Trinajstić information content (AvgIpc) is 2.00. The van der Waals surface area contributed by atoms with Crippen LogP contribution < -0.4 is 5.32 Å². The quantitative estimate of drug-likeness (QED) is 0.711. The molecule has 0 radical (unpaired) electrons. The molecule has 76 valence electrons. The average molecular weight is 183 g/mol. The molecule has 1 N–H and O–H groups in total. The Labute approximate surface area is 81.1 Å². The Hall–Kier alpha value is -0.370. The lowest BCUT2D eigenvalue weighted by Crippen LogP contribution is -2.60. The van der Waals surface area contributed by atoms with Crippen molar-refractivity contribution in [3.8, 4) is 0 Å². The molecule has 1 saturated heterocycles. The van der Waals surface area contributed by atoms with Gasteiger partial charge in [-0.25, -0.2) is 0 Å². The highest BCUT2D eigenvalue weighted by atomic mass is 16.1. The molecule has 0 aromatic rings. The van der Waals surface area contributed by atoms with Crippen molar-refractivity contribution in [3.05, 3.63) is 0 Å². The lowest BCUT2D eigenvalue weighted by molar-refractivity contribution is -0.125. The zero-order valence-corrected chi connectivity index (χ0v) is 9.24. The van der Waals surface area contributed by atoms with Gasteiger partial charge in [-0.2, -0.15) is 0 Å². The highest BCUT2D eigenvalue weighted by Gasteiger charge is 2.40. The van der Waals surface area contributed by atoms with Crippen LogP contribution in [0, 0.1) is 0 Å². The lowest BCUT2D eigenvalue weighted by Gasteiger charge is -2.45. The van der Waals surface area contributed by atoms with Crippen LogP contribution in [0.5, 0.6) is 0 Å². The molecular weight excluding hydrogens is 162 g/mol. The largest absolute Gasteiger partial charge is 0.305 e. The van der Waals surface area contributed by atoms with Crippen LogP contribution in [0.4, 0.5) is 0 Å². The smallest absolute Gasteiger partial charge is 0.136 e. The summed E-state index contributed by atoms with van der Waals surface area (Å²) in [4.78, 5) is 11.6. The summed E-state index contributed by atoms with van der Waals surface area (Å²) in [5, 5.41) is 3.62. The normalized spacial score (nSPS) is 26.0. The summed E-state index contributed by atoms with van der Waals surface area (Å²) < 4.78 is 0. The van der Waals surface area contributed by atoms with Gasteiger partial charge in [-0.3, -0.25) is 4.79 Å². The second-order valence-electron chi connectivity index (χ2n) is 4.89. The van der Waals surface area contributed by atoms with Gasteiger partial charge in [-0.05, 0) is 26.7 Å². The van der Waals surface area contributed by atoms with Gasteiger partial charge < -0.3 is 5.32 Å². The highest BCUT2D eigenvalue weighted by molar-refractivity contribution is 5.81. The number of carbonyl (C=O) groups excluding carboxylic acids is 1. The van der Waals surface area contributed by atoms with E-state index in [4.69, 9.17) is 0 Å². The molecule has 0 atom stereocenters. The van der Waals surface area contributed by atoms with Crippen molar-refractivity contribution in [2.75, 3.05) is 0 Å². The Kier molecular flexibility index (Phi) is 2.81. The van der Waals surface area contributed by atoms with Gasteiger partial charge in [-0.1, -0.05) is 13.8 Å². The van der Waals surface area contributed by atoms with E-state index in [9.17, 15) is 4.79 Å². The van der Waals surface area contributed by atoms with E-state index in [1.165, 1.54) is 0 Å². The molecule has 2 heteroatoms. The van der Waals surface area contributed by atoms with Crippen LogP contribution in [0.15, 0.2) is 0 Å². The third kappa shape index (κ3) is 2.31. The molecule has 1 rings (SSSR count). The molecule has 0 spiro atoms. The number of ketones is 1. The molecule has 1 aliphatic rings. The maximum absolute atomic E-state index is 11.6. The van der Waals surface area contributed by atoms with Crippen molar-refractivity contribution in [1.29, 1.82) is 0 Å². The first kappa shape index (κ1) is 10.7. The highest BCUT2D eigenvalue weighted by Crippen LogP contribution is 2.30. The molecule has 0 bridgehead atoms. The van der Waals surface area contributed by atoms with E-state index in [2.05, 4.69) is 33.0 Å². The summed E-state index contributed by atoms with van der Waals surface area (Å²) in [6.45, 7) is 8.55. The molecule has 0 amide bonds. The molecule has 2 nitrogen and oxygen atoms in total. The van der Waals surface area contributed by atoms with Gasteiger partial charge in [0.15, 0.2) is 0 Å². The predicted octanol–water partition coefficient (Wildman–Crippen LogP) is 2.28. The van der Waals surface area contributed by atoms with Gasteiger partial charge in [0.05, 0.1) is 0 Å². The molecule has 0 aliphatic carbocycles. The van der Waals surface area contributed by atoms with E-state index >= 15 is 0 Å². The number of carbonyl (C=O) groups is 1. The fourth-order valence-electron chi connectivity index (χ4n) is 2.42. The van der Waals surface area contributed by atoms with Crippen molar-refractivity contribution in [1.82, 2.24) is 5.32 Å². The van der Waals surface area contributed by atoms with Crippen molar-refractivity contribution >= 4 is 5.78 Å². The first-order valence-corrected chi connectivity index (χ1v) is 5.24. The van der Waals surface area contributed by atoms with E-state index in [0.717, 1.165) is 12.8 Å². The number of nitrogens with one attached hydrogen (secondary N) is 1. The van der Waals surface area contributed by atoms with Crippen LogP contribution in [0.3, 0.4) is 0 Å². The minimum atomic E-state index is -0.0125. The maximum Gasteiger partial charge on any atom is 0.136 e.